The molecule has 114 valence electrons. The van der Waals surface area contributed by atoms with Crippen LogP contribution < -0.4 is 9.47 Å². The normalized spacial score (nSPS) is 12.6. The first-order valence-corrected chi connectivity index (χ1v) is 9.02. The van der Waals surface area contributed by atoms with Crippen molar-refractivity contribution in [2.24, 2.45) is 5.92 Å². The number of ether oxygens (including phenoxy) is 2. The summed E-state index contributed by atoms with van der Waals surface area (Å²) in [7, 11) is 0. The number of hydrogen-bond acceptors (Lipinski definition) is 2. The van der Waals surface area contributed by atoms with E-state index in [1.54, 1.807) is 0 Å². The lowest BCUT2D eigenvalue weighted by atomic mass is 9.94. The van der Waals surface area contributed by atoms with Gasteiger partial charge in [0.2, 0.25) is 0 Å². The van der Waals surface area contributed by atoms with Crippen LogP contribution in [0.2, 0.25) is 0 Å². The number of hydrogen-bond donors (Lipinski definition) is 0. The molecule has 4 heteroatoms. The number of halogens is 2. The van der Waals surface area contributed by atoms with Crippen LogP contribution in [0, 0.1) is 5.92 Å². The molecule has 0 aromatic heterocycles. The van der Waals surface area contributed by atoms with Crippen molar-refractivity contribution in [3.8, 4) is 11.5 Å². The number of rotatable bonds is 8. The van der Waals surface area contributed by atoms with Gasteiger partial charge >= 0.3 is 0 Å². The first-order valence-electron chi connectivity index (χ1n) is 7.31. The second kappa shape index (κ2) is 8.93. The van der Waals surface area contributed by atoms with Crippen molar-refractivity contribution in [1.29, 1.82) is 0 Å². The Morgan fingerprint density at radius 3 is 1.90 bits per heavy atom. The second-order valence-electron chi connectivity index (χ2n) is 4.66. The molecule has 1 aromatic rings. The molecule has 0 bridgehead atoms. The molecule has 0 saturated carbocycles. The Labute approximate surface area is 139 Å². The van der Waals surface area contributed by atoms with E-state index in [4.69, 9.17) is 9.47 Å². The minimum atomic E-state index is 0.321. The van der Waals surface area contributed by atoms with E-state index >= 15 is 0 Å². The summed E-state index contributed by atoms with van der Waals surface area (Å²) in [6, 6.07) is 4.11. The molecule has 2 nitrogen and oxygen atoms in total. The van der Waals surface area contributed by atoms with Crippen LogP contribution in [0.4, 0.5) is 0 Å². The van der Waals surface area contributed by atoms with Crippen LogP contribution >= 0.6 is 31.9 Å². The highest BCUT2D eigenvalue weighted by Gasteiger charge is 2.22. The van der Waals surface area contributed by atoms with Crippen LogP contribution in [0.5, 0.6) is 11.5 Å². The third-order valence-corrected chi connectivity index (χ3v) is 5.35. The molecular formula is C16H24Br2O2. The molecule has 0 fully saturated rings. The maximum atomic E-state index is 5.72. The summed E-state index contributed by atoms with van der Waals surface area (Å²) < 4.78 is 12.4. The fourth-order valence-electron chi connectivity index (χ4n) is 2.26. The summed E-state index contributed by atoms with van der Waals surface area (Å²) in [5.74, 6) is 2.23. The SMILES string of the molecule is CCOc1cc(Br)c(C(Br)C(CC)CC)cc1OCC. The lowest BCUT2D eigenvalue weighted by Gasteiger charge is -2.23. The van der Waals surface area contributed by atoms with Gasteiger partial charge in [0.25, 0.3) is 0 Å². The summed E-state index contributed by atoms with van der Waals surface area (Å²) in [6.07, 6.45) is 2.30. The van der Waals surface area contributed by atoms with Crippen molar-refractivity contribution in [3.05, 3.63) is 22.2 Å². The largest absolute Gasteiger partial charge is 0.490 e. The topological polar surface area (TPSA) is 18.5 Å². The Bertz CT molecular complexity index is 417. The molecule has 0 N–H and O–H groups in total. The summed E-state index contributed by atoms with van der Waals surface area (Å²) in [5, 5.41) is 0. The van der Waals surface area contributed by atoms with Gasteiger partial charge in [-0.3, -0.25) is 0 Å². The highest BCUT2D eigenvalue weighted by Crippen LogP contribution is 2.43. The molecule has 0 saturated heterocycles. The minimum absolute atomic E-state index is 0.321. The van der Waals surface area contributed by atoms with Gasteiger partial charge in [-0.2, -0.15) is 0 Å². The van der Waals surface area contributed by atoms with Gasteiger partial charge < -0.3 is 9.47 Å². The molecule has 0 aliphatic rings. The third kappa shape index (κ3) is 4.39. The van der Waals surface area contributed by atoms with Gasteiger partial charge in [-0.1, -0.05) is 58.5 Å². The first-order chi connectivity index (χ1) is 9.58. The average molecular weight is 408 g/mol. The van der Waals surface area contributed by atoms with Gasteiger partial charge in [-0.25, -0.2) is 0 Å². The average Bonchev–Trinajstić information content (AvgIpc) is 2.43. The van der Waals surface area contributed by atoms with Crippen LogP contribution in [0.1, 0.15) is 50.9 Å². The molecule has 0 radical (unpaired) electrons. The van der Waals surface area contributed by atoms with E-state index in [1.165, 1.54) is 5.56 Å². The first kappa shape index (κ1) is 17.8. The number of benzene rings is 1. The number of alkyl halides is 1. The maximum Gasteiger partial charge on any atom is 0.162 e. The zero-order valence-corrected chi connectivity index (χ0v) is 15.9. The van der Waals surface area contributed by atoms with Gasteiger partial charge in [0.05, 0.1) is 13.2 Å². The molecule has 1 rings (SSSR count). The van der Waals surface area contributed by atoms with E-state index < -0.39 is 0 Å². The van der Waals surface area contributed by atoms with Crippen molar-refractivity contribution >= 4 is 31.9 Å². The predicted octanol–water partition coefficient (Wildman–Crippen LogP) is 6.12. The van der Waals surface area contributed by atoms with Crippen molar-refractivity contribution in [2.75, 3.05) is 13.2 Å². The van der Waals surface area contributed by atoms with Crippen LogP contribution in [-0.4, -0.2) is 13.2 Å². The molecule has 1 unspecified atom stereocenters. The van der Waals surface area contributed by atoms with E-state index in [0.717, 1.165) is 28.8 Å². The second-order valence-corrected chi connectivity index (χ2v) is 6.51. The van der Waals surface area contributed by atoms with Gasteiger partial charge in [0.15, 0.2) is 11.5 Å². The van der Waals surface area contributed by atoms with E-state index in [9.17, 15) is 0 Å². The van der Waals surface area contributed by atoms with Crippen molar-refractivity contribution in [1.82, 2.24) is 0 Å². The van der Waals surface area contributed by atoms with Gasteiger partial charge in [-0.15, -0.1) is 0 Å². The molecule has 0 aliphatic carbocycles. The Kier molecular flexibility index (Phi) is 7.96. The highest BCUT2D eigenvalue weighted by atomic mass is 79.9. The quantitative estimate of drug-likeness (QED) is 0.483. The molecule has 1 aromatic carbocycles. The Morgan fingerprint density at radius 2 is 1.45 bits per heavy atom. The molecule has 0 amide bonds. The van der Waals surface area contributed by atoms with Crippen molar-refractivity contribution in [3.63, 3.8) is 0 Å². The summed E-state index contributed by atoms with van der Waals surface area (Å²) in [4.78, 5) is 0.321. The van der Waals surface area contributed by atoms with Crippen molar-refractivity contribution < 1.29 is 9.47 Å². The van der Waals surface area contributed by atoms with Crippen molar-refractivity contribution in [2.45, 2.75) is 45.4 Å². The highest BCUT2D eigenvalue weighted by molar-refractivity contribution is 9.11. The zero-order valence-electron chi connectivity index (χ0n) is 12.7. The minimum Gasteiger partial charge on any atom is -0.490 e. The van der Waals surface area contributed by atoms with Crippen LogP contribution in [0.15, 0.2) is 16.6 Å². The van der Waals surface area contributed by atoms with Gasteiger partial charge in [0, 0.05) is 9.30 Å². The summed E-state index contributed by atoms with van der Waals surface area (Å²) in [5.41, 5.74) is 1.23. The molecule has 20 heavy (non-hydrogen) atoms. The van der Waals surface area contributed by atoms with Gasteiger partial charge in [-0.05, 0) is 37.5 Å². The van der Waals surface area contributed by atoms with Crippen LogP contribution in [-0.2, 0) is 0 Å². The lowest BCUT2D eigenvalue weighted by Crippen LogP contribution is -2.07. The Balaban J connectivity index is 3.16. The Morgan fingerprint density at radius 1 is 0.950 bits per heavy atom. The lowest BCUT2D eigenvalue weighted by molar-refractivity contribution is 0.287. The monoisotopic (exact) mass is 406 g/mol. The van der Waals surface area contributed by atoms with E-state index in [2.05, 4.69) is 51.8 Å². The molecule has 0 aliphatic heterocycles. The van der Waals surface area contributed by atoms with Crippen LogP contribution in [0.25, 0.3) is 0 Å². The third-order valence-electron chi connectivity index (χ3n) is 3.42. The van der Waals surface area contributed by atoms with Gasteiger partial charge in [0.1, 0.15) is 0 Å². The van der Waals surface area contributed by atoms with Crippen LogP contribution in [0.3, 0.4) is 0 Å². The zero-order chi connectivity index (χ0) is 15.1. The standard InChI is InChI=1S/C16H24Br2O2/c1-5-11(6-2)16(18)12-9-14(19-7-3)15(20-8-4)10-13(12)17/h9-11,16H,5-8H2,1-4H3. The molecule has 1 atom stereocenters. The fraction of sp³-hybridized carbons (Fsp3) is 0.625. The van der Waals surface area contributed by atoms with E-state index in [1.807, 2.05) is 19.9 Å². The molecule has 0 spiro atoms. The summed E-state index contributed by atoms with van der Waals surface area (Å²) in [6.45, 7) is 9.71. The Hall–Kier alpha value is -0.220. The molecular weight excluding hydrogens is 384 g/mol. The smallest absolute Gasteiger partial charge is 0.162 e. The molecule has 0 heterocycles. The maximum absolute atomic E-state index is 5.72. The van der Waals surface area contributed by atoms with E-state index in [-0.39, 0.29) is 0 Å². The summed E-state index contributed by atoms with van der Waals surface area (Å²) >= 11 is 7.51. The fourth-order valence-corrected chi connectivity index (χ4v) is 4.26. The predicted molar refractivity (Wildman–Crippen MR) is 92.2 cm³/mol. The van der Waals surface area contributed by atoms with E-state index in [0.29, 0.717) is 24.0 Å².